The number of carbonyl (C=O) groups is 1. The normalized spacial score (nSPS) is 27.0. The lowest BCUT2D eigenvalue weighted by Gasteiger charge is -2.43. The minimum absolute atomic E-state index is 0.287. The summed E-state index contributed by atoms with van der Waals surface area (Å²) in [6, 6.07) is 13.9. The van der Waals surface area contributed by atoms with Crippen molar-refractivity contribution >= 4 is 5.78 Å². The van der Waals surface area contributed by atoms with Crippen molar-refractivity contribution in [2.24, 2.45) is 0 Å². The van der Waals surface area contributed by atoms with Gasteiger partial charge < -0.3 is 14.6 Å². The Balaban J connectivity index is 2.10. The Bertz CT molecular complexity index is 894. The van der Waals surface area contributed by atoms with E-state index in [0.29, 0.717) is 22.6 Å². The van der Waals surface area contributed by atoms with Gasteiger partial charge in [-0.05, 0) is 25.1 Å². The van der Waals surface area contributed by atoms with Gasteiger partial charge in [-0.15, -0.1) is 5.73 Å². The Labute approximate surface area is 133 Å². The van der Waals surface area contributed by atoms with Crippen molar-refractivity contribution in [3.8, 4) is 11.5 Å². The Kier molecular flexibility index (Phi) is 2.62. The van der Waals surface area contributed by atoms with Crippen LogP contribution in [-0.2, 0) is 5.60 Å². The molecule has 0 unspecified atom stereocenters. The van der Waals surface area contributed by atoms with Crippen LogP contribution in [-0.4, -0.2) is 16.7 Å². The van der Waals surface area contributed by atoms with Gasteiger partial charge in [-0.3, -0.25) is 4.79 Å². The van der Waals surface area contributed by atoms with Crippen molar-refractivity contribution in [3.63, 3.8) is 0 Å². The highest BCUT2D eigenvalue weighted by Gasteiger charge is 2.70. The highest BCUT2D eigenvalue weighted by molar-refractivity contribution is 6.07. The summed E-state index contributed by atoms with van der Waals surface area (Å²) in [6.45, 7) is 5.37. The molecule has 2 aromatic carbocycles. The number of hydrogen-bond donors (Lipinski definition) is 1. The van der Waals surface area contributed by atoms with E-state index in [0.717, 1.165) is 0 Å². The van der Waals surface area contributed by atoms with Crippen LogP contribution in [0.3, 0.4) is 0 Å². The van der Waals surface area contributed by atoms with Crippen LogP contribution >= 0.6 is 0 Å². The molecule has 4 heteroatoms. The van der Waals surface area contributed by atoms with Crippen LogP contribution in [0.15, 0.2) is 66.4 Å². The third-order valence-electron chi connectivity index (χ3n) is 4.50. The molecule has 0 saturated carbocycles. The van der Waals surface area contributed by atoms with Crippen LogP contribution in [0.25, 0.3) is 0 Å². The predicted octanol–water partition coefficient (Wildman–Crippen LogP) is 2.97. The van der Waals surface area contributed by atoms with Crippen LogP contribution in [0, 0.1) is 0 Å². The quantitative estimate of drug-likeness (QED) is 0.823. The molecule has 2 aromatic rings. The minimum Gasteiger partial charge on any atom is -0.469 e. The van der Waals surface area contributed by atoms with E-state index in [9.17, 15) is 9.90 Å². The van der Waals surface area contributed by atoms with Gasteiger partial charge in [-0.2, -0.15) is 0 Å². The van der Waals surface area contributed by atoms with Crippen molar-refractivity contribution in [2.75, 3.05) is 0 Å². The Morgan fingerprint density at radius 3 is 2.48 bits per heavy atom. The molecular formula is C19H14O4. The lowest BCUT2D eigenvalue weighted by Crippen LogP contribution is -2.63. The van der Waals surface area contributed by atoms with Gasteiger partial charge in [0.25, 0.3) is 0 Å². The number of para-hydroxylation sites is 2. The second-order valence-electron chi connectivity index (χ2n) is 5.65. The van der Waals surface area contributed by atoms with Gasteiger partial charge in [0.1, 0.15) is 11.5 Å². The fraction of sp³-hybridized carbons (Fsp3) is 0.158. The molecule has 0 amide bonds. The van der Waals surface area contributed by atoms with Crippen LogP contribution in [0.5, 0.6) is 11.5 Å². The lowest BCUT2D eigenvalue weighted by atomic mass is 9.76. The number of hydrogen-bond acceptors (Lipinski definition) is 4. The van der Waals surface area contributed by atoms with E-state index < -0.39 is 17.2 Å². The van der Waals surface area contributed by atoms with Gasteiger partial charge in [0, 0.05) is 11.1 Å². The minimum atomic E-state index is -2.18. The molecule has 0 radical (unpaired) electrons. The van der Waals surface area contributed by atoms with E-state index in [1.807, 2.05) is 0 Å². The third kappa shape index (κ3) is 1.47. The van der Waals surface area contributed by atoms with Crippen LogP contribution in [0.4, 0.5) is 0 Å². The van der Waals surface area contributed by atoms with Crippen LogP contribution < -0.4 is 9.47 Å². The van der Waals surface area contributed by atoms with Gasteiger partial charge in [-0.25, -0.2) is 0 Å². The van der Waals surface area contributed by atoms with E-state index in [1.165, 1.54) is 0 Å². The zero-order chi connectivity index (χ0) is 16.2. The molecule has 2 atom stereocenters. The maximum atomic E-state index is 13.0. The summed E-state index contributed by atoms with van der Waals surface area (Å²) in [5, 5.41) is 11.2. The van der Waals surface area contributed by atoms with Gasteiger partial charge in [-0.1, -0.05) is 36.9 Å². The molecule has 0 bridgehead atoms. The van der Waals surface area contributed by atoms with Crippen LogP contribution in [0.2, 0.25) is 0 Å². The summed E-state index contributed by atoms with van der Waals surface area (Å²) in [7, 11) is 0. The molecule has 4 rings (SSSR count). The molecule has 0 spiro atoms. The highest BCUT2D eigenvalue weighted by Crippen LogP contribution is 2.56. The topological polar surface area (TPSA) is 55.8 Å². The molecule has 0 fully saturated rings. The number of rotatable bonds is 1. The van der Waals surface area contributed by atoms with E-state index in [1.54, 1.807) is 55.5 Å². The Morgan fingerprint density at radius 2 is 1.74 bits per heavy atom. The van der Waals surface area contributed by atoms with Crippen LogP contribution in [0.1, 0.15) is 22.8 Å². The molecule has 0 aromatic heterocycles. The molecule has 114 valence electrons. The van der Waals surface area contributed by atoms with Crippen molar-refractivity contribution in [1.82, 2.24) is 0 Å². The maximum absolute atomic E-state index is 13.0. The average molecular weight is 306 g/mol. The first kappa shape index (κ1) is 13.8. The summed E-state index contributed by atoms with van der Waals surface area (Å²) < 4.78 is 11.8. The molecular weight excluding hydrogens is 292 g/mol. The Hall–Kier alpha value is -2.81. The largest absolute Gasteiger partial charge is 0.469 e. The zero-order valence-electron chi connectivity index (χ0n) is 12.5. The fourth-order valence-corrected chi connectivity index (χ4v) is 3.34. The predicted molar refractivity (Wildman–Crippen MR) is 83.4 cm³/mol. The molecule has 23 heavy (non-hydrogen) atoms. The monoisotopic (exact) mass is 306 g/mol. The summed E-state index contributed by atoms with van der Waals surface area (Å²) in [5.74, 6) is -1.91. The Morgan fingerprint density at radius 1 is 1.09 bits per heavy atom. The van der Waals surface area contributed by atoms with Gasteiger partial charge >= 0.3 is 5.79 Å². The zero-order valence-corrected chi connectivity index (χ0v) is 12.5. The molecule has 4 nitrogen and oxygen atoms in total. The molecule has 2 aliphatic rings. The summed E-state index contributed by atoms with van der Waals surface area (Å²) in [5.41, 5.74) is 2.62. The molecule has 2 aliphatic heterocycles. The second-order valence-corrected chi connectivity index (χ2v) is 5.65. The van der Waals surface area contributed by atoms with E-state index >= 15 is 0 Å². The standard InChI is InChI=1S/C19H14O4/c1-3-12(2)18-14-9-5-7-11-16(14)23-19(18,21)17(20)13-8-4-6-10-15(13)22-18/h4-11,21H,1H2,2H3/t18-,19-/m1/s1. The van der Waals surface area contributed by atoms with E-state index in [2.05, 4.69) is 12.3 Å². The lowest BCUT2D eigenvalue weighted by molar-refractivity contribution is -0.187. The highest BCUT2D eigenvalue weighted by atomic mass is 16.7. The first-order valence-electron chi connectivity index (χ1n) is 7.25. The van der Waals surface area contributed by atoms with Crippen molar-refractivity contribution < 1.29 is 19.4 Å². The number of aliphatic hydroxyl groups is 1. The SMILES string of the molecule is C=C=C(C)[C@]12Oc3ccccc3C(=O)[C@@]1(O)Oc1ccccc12. The second kappa shape index (κ2) is 4.35. The summed E-state index contributed by atoms with van der Waals surface area (Å²) in [4.78, 5) is 13.0. The number of Topliss-reactive ketones (excluding diaryl/α,β-unsaturated/α-hetero) is 1. The third-order valence-corrected chi connectivity index (χ3v) is 4.50. The molecule has 0 saturated heterocycles. The number of benzene rings is 2. The van der Waals surface area contributed by atoms with Gasteiger partial charge in [0.05, 0.1) is 5.56 Å². The van der Waals surface area contributed by atoms with E-state index in [4.69, 9.17) is 9.47 Å². The van der Waals surface area contributed by atoms with Gasteiger partial charge in [0.2, 0.25) is 11.4 Å². The molecule has 1 N–H and O–H groups in total. The summed E-state index contributed by atoms with van der Waals surface area (Å²) >= 11 is 0. The van der Waals surface area contributed by atoms with Crippen molar-refractivity contribution in [3.05, 3.63) is 77.5 Å². The van der Waals surface area contributed by atoms with Crippen molar-refractivity contribution in [1.29, 1.82) is 0 Å². The maximum Gasteiger partial charge on any atom is 0.323 e. The first-order valence-corrected chi connectivity index (χ1v) is 7.25. The smallest absolute Gasteiger partial charge is 0.323 e. The average Bonchev–Trinajstić information content (AvgIpc) is 2.85. The number of fused-ring (bicyclic) bond motifs is 4. The number of ketones is 1. The van der Waals surface area contributed by atoms with Gasteiger partial charge in [0.15, 0.2) is 0 Å². The number of carbonyl (C=O) groups excluding carboxylic acids is 1. The first-order chi connectivity index (χ1) is 11.0. The van der Waals surface area contributed by atoms with E-state index in [-0.39, 0.29) is 5.56 Å². The molecule has 0 aliphatic carbocycles. The molecule has 2 heterocycles. The number of ether oxygens (including phenoxy) is 2. The summed E-state index contributed by atoms with van der Waals surface area (Å²) in [6.07, 6.45) is 0. The fourth-order valence-electron chi connectivity index (χ4n) is 3.34. The van der Waals surface area contributed by atoms with Crippen molar-refractivity contribution in [2.45, 2.75) is 18.3 Å².